The van der Waals surface area contributed by atoms with Gasteiger partial charge in [0.15, 0.2) is 0 Å². The Morgan fingerprint density at radius 3 is 2.69 bits per heavy atom. The van der Waals surface area contributed by atoms with Crippen molar-refractivity contribution in [1.82, 2.24) is 4.98 Å². The summed E-state index contributed by atoms with van der Waals surface area (Å²) >= 11 is 1.59. The molecule has 0 bridgehead atoms. The van der Waals surface area contributed by atoms with E-state index in [1.54, 1.807) is 18.3 Å². The molecule has 3 rings (SSSR count). The van der Waals surface area contributed by atoms with Gasteiger partial charge in [-0.25, -0.2) is 4.98 Å². The second-order valence-electron chi connectivity index (χ2n) is 7.40. The van der Waals surface area contributed by atoms with Crippen molar-refractivity contribution < 1.29 is 23.9 Å². The van der Waals surface area contributed by atoms with Gasteiger partial charge < -0.3 is 19.1 Å². The Kier molecular flexibility index (Phi) is 8.44. The van der Waals surface area contributed by atoms with Crippen LogP contribution in [0, 0.1) is 12.8 Å². The van der Waals surface area contributed by atoms with Gasteiger partial charge in [-0.2, -0.15) is 0 Å². The maximum Gasteiger partial charge on any atom is 0.312 e. The highest BCUT2D eigenvalue weighted by molar-refractivity contribution is 7.13. The lowest BCUT2D eigenvalue weighted by atomic mass is 9.95. The average molecular weight is 457 g/mol. The predicted octanol–water partition coefficient (Wildman–Crippen LogP) is 5.38. The van der Waals surface area contributed by atoms with Gasteiger partial charge in [0.1, 0.15) is 24.0 Å². The molecule has 0 aliphatic rings. The third-order valence-corrected chi connectivity index (χ3v) is 5.76. The van der Waals surface area contributed by atoms with Gasteiger partial charge in [-0.3, -0.25) is 4.79 Å². The summed E-state index contributed by atoms with van der Waals surface area (Å²) in [5.74, 6) is 0.510. The molecule has 2 aromatic heterocycles. The minimum absolute atomic E-state index is 0.337. The molecule has 0 aliphatic carbocycles. The molecule has 0 fully saturated rings. The van der Waals surface area contributed by atoms with Gasteiger partial charge >= 0.3 is 5.97 Å². The molecule has 0 amide bonds. The topological polar surface area (TPSA) is 94.2 Å². The van der Waals surface area contributed by atoms with Crippen molar-refractivity contribution in [3.8, 4) is 16.5 Å². The molecule has 0 spiro atoms. The summed E-state index contributed by atoms with van der Waals surface area (Å²) in [6, 6.07) is 11.4. The molecule has 1 unspecified atom stereocenters. The van der Waals surface area contributed by atoms with E-state index in [-0.39, 0.29) is 0 Å². The zero-order valence-electron chi connectivity index (χ0n) is 18.5. The molecule has 0 saturated carbocycles. The highest BCUT2D eigenvalue weighted by Gasteiger charge is 2.22. The number of aromatic nitrogens is 1. The Labute approximate surface area is 191 Å². The maximum atomic E-state index is 11.7. The van der Waals surface area contributed by atoms with E-state index < -0.39 is 11.9 Å². The van der Waals surface area contributed by atoms with Crippen molar-refractivity contribution in [3.63, 3.8) is 0 Å². The Bertz CT molecular complexity index is 1030. The van der Waals surface area contributed by atoms with Gasteiger partial charge in [-0.1, -0.05) is 30.3 Å². The molecule has 3 aromatic rings. The first kappa shape index (κ1) is 23.5. The Morgan fingerprint density at radius 1 is 1.25 bits per heavy atom. The second-order valence-corrected chi connectivity index (χ2v) is 8.35. The number of aliphatic carboxylic acids is 1. The number of rotatable bonds is 12. The summed E-state index contributed by atoms with van der Waals surface area (Å²) in [7, 11) is 0. The standard InChI is InChI=1S/C24H28N2O5S/c1-4-12-30-26-16(2)20(24(27)28)15-18-7-9-19(10-8-18)29-13-11-21-17(3)31-23(25-21)22-6-5-14-32-22/h5-10,14,20H,4,11-13,15H2,1-3H3,(H,27,28)/b26-16+. The van der Waals surface area contributed by atoms with E-state index in [1.807, 2.05) is 55.6 Å². The summed E-state index contributed by atoms with van der Waals surface area (Å²) in [5, 5.41) is 15.5. The Balaban J connectivity index is 1.53. The normalized spacial score (nSPS) is 12.5. The number of thiophene rings is 1. The highest BCUT2D eigenvalue weighted by atomic mass is 32.1. The molecule has 0 radical (unpaired) electrons. The summed E-state index contributed by atoms with van der Waals surface area (Å²) < 4.78 is 11.6. The van der Waals surface area contributed by atoms with Gasteiger partial charge in [-0.15, -0.1) is 11.3 Å². The molecule has 32 heavy (non-hydrogen) atoms. The highest BCUT2D eigenvalue weighted by Crippen LogP contribution is 2.26. The van der Waals surface area contributed by atoms with Gasteiger partial charge in [0.25, 0.3) is 0 Å². The molecule has 170 valence electrons. The second kappa shape index (κ2) is 11.5. The van der Waals surface area contributed by atoms with Crippen LogP contribution in [0.5, 0.6) is 5.75 Å². The molecular weight excluding hydrogens is 428 g/mol. The number of carboxylic acid groups (broad SMARTS) is 1. The van der Waals surface area contributed by atoms with Crippen molar-refractivity contribution in [2.45, 2.75) is 40.0 Å². The van der Waals surface area contributed by atoms with Gasteiger partial charge in [0, 0.05) is 6.42 Å². The molecule has 2 heterocycles. The lowest BCUT2D eigenvalue weighted by Gasteiger charge is -2.13. The quantitative estimate of drug-likeness (QED) is 0.223. The fraction of sp³-hybridized carbons (Fsp3) is 0.375. The van der Waals surface area contributed by atoms with Crippen LogP contribution in [0.4, 0.5) is 0 Å². The van der Waals surface area contributed by atoms with E-state index >= 15 is 0 Å². The number of hydrogen-bond donors (Lipinski definition) is 1. The van der Waals surface area contributed by atoms with E-state index in [0.29, 0.717) is 37.7 Å². The number of oxazole rings is 1. The van der Waals surface area contributed by atoms with E-state index in [9.17, 15) is 9.90 Å². The number of aryl methyl sites for hydroxylation is 1. The Morgan fingerprint density at radius 2 is 2.03 bits per heavy atom. The summed E-state index contributed by atoms with van der Waals surface area (Å²) in [6.07, 6.45) is 1.79. The van der Waals surface area contributed by atoms with E-state index in [4.69, 9.17) is 14.0 Å². The van der Waals surface area contributed by atoms with Crippen molar-refractivity contribution in [2.75, 3.05) is 13.2 Å². The summed E-state index contributed by atoms with van der Waals surface area (Å²) in [5.41, 5.74) is 2.23. The first-order valence-electron chi connectivity index (χ1n) is 10.6. The van der Waals surface area contributed by atoms with Crippen LogP contribution in [0.15, 0.2) is 51.4 Å². The van der Waals surface area contributed by atoms with Crippen LogP contribution in [0.3, 0.4) is 0 Å². The zero-order chi connectivity index (χ0) is 22.9. The minimum atomic E-state index is -0.920. The van der Waals surface area contributed by atoms with Crippen LogP contribution in [0.2, 0.25) is 0 Å². The number of nitrogens with zero attached hydrogens (tertiary/aromatic N) is 2. The SMILES string of the molecule is CCCO/N=C(\C)C(Cc1ccc(OCCc2nc(-c3cccs3)oc2C)cc1)C(=O)O. The molecule has 8 heteroatoms. The maximum absolute atomic E-state index is 11.7. The predicted molar refractivity (Wildman–Crippen MR) is 124 cm³/mol. The molecule has 1 aromatic carbocycles. The van der Waals surface area contributed by atoms with Gasteiger partial charge in [-0.05, 0) is 55.8 Å². The molecule has 7 nitrogen and oxygen atoms in total. The average Bonchev–Trinajstić information content (AvgIpc) is 3.43. The van der Waals surface area contributed by atoms with Crippen molar-refractivity contribution in [2.24, 2.45) is 11.1 Å². The molecule has 1 atom stereocenters. The third kappa shape index (κ3) is 6.43. The molecule has 0 aliphatic heterocycles. The first-order valence-corrected chi connectivity index (χ1v) is 11.5. The van der Waals surface area contributed by atoms with Crippen LogP contribution in [-0.2, 0) is 22.5 Å². The fourth-order valence-electron chi connectivity index (χ4n) is 3.10. The zero-order valence-corrected chi connectivity index (χ0v) is 19.4. The van der Waals surface area contributed by atoms with Crippen molar-refractivity contribution in [1.29, 1.82) is 0 Å². The lowest BCUT2D eigenvalue weighted by molar-refractivity contribution is -0.139. The Hall–Kier alpha value is -3.13. The molecule has 0 saturated heterocycles. The summed E-state index contributed by atoms with van der Waals surface area (Å²) in [4.78, 5) is 22.4. The monoisotopic (exact) mass is 456 g/mol. The van der Waals surface area contributed by atoms with E-state index in [0.717, 1.165) is 34.1 Å². The van der Waals surface area contributed by atoms with Gasteiger partial charge in [0.05, 0.1) is 22.9 Å². The third-order valence-electron chi connectivity index (χ3n) is 4.90. The number of benzene rings is 1. The minimum Gasteiger partial charge on any atom is -0.493 e. The van der Waals surface area contributed by atoms with Crippen LogP contribution < -0.4 is 4.74 Å². The fourth-order valence-corrected chi connectivity index (χ4v) is 3.75. The lowest BCUT2D eigenvalue weighted by Crippen LogP contribution is -2.24. The number of hydrogen-bond acceptors (Lipinski definition) is 7. The van der Waals surface area contributed by atoms with Crippen LogP contribution in [0.25, 0.3) is 10.8 Å². The molecule has 1 N–H and O–H groups in total. The number of ether oxygens (including phenoxy) is 1. The number of oxime groups is 1. The number of carboxylic acids is 1. The van der Waals surface area contributed by atoms with E-state index in [1.165, 1.54) is 0 Å². The van der Waals surface area contributed by atoms with Crippen molar-refractivity contribution >= 4 is 23.0 Å². The van der Waals surface area contributed by atoms with E-state index in [2.05, 4.69) is 10.1 Å². The van der Waals surface area contributed by atoms with Crippen LogP contribution in [0.1, 0.15) is 37.3 Å². The number of carbonyl (C=O) groups is 1. The smallest absolute Gasteiger partial charge is 0.312 e. The van der Waals surface area contributed by atoms with Crippen molar-refractivity contribution in [3.05, 3.63) is 58.8 Å². The molecular formula is C24H28N2O5S. The summed E-state index contributed by atoms with van der Waals surface area (Å²) in [6.45, 7) is 6.50. The first-order chi connectivity index (χ1) is 15.5. The van der Waals surface area contributed by atoms with Crippen LogP contribution >= 0.6 is 11.3 Å². The largest absolute Gasteiger partial charge is 0.493 e. The van der Waals surface area contributed by atoms with Gasteiger partial charge in [0.2, 0.25) is 5.89 Å². The van der Waals surface area contributed by atoms with Crippen LogP contribution in [-0.4, -0.2) is 35.0 Å².